The number of benzene rings is 2. The zero-order valence-electron chi connectivity index (χ0n) is 22.0. The Balaban J connectivity index is 1.48. The number of fused-ring (bicyclic) bond motifs is 1. The standard InChI is InChI=1S/C28H35N7O3S/c1-28(31,17-18-9-3-2-4-10-18)26(38)35-16-8-13-21(35)24(37)33-20(12-7-15-32-27(29)30)23(36)25-34-19-11-5-6-14-22(19)39-25/h2-6,9-11,14,20-21H,7-8,12-13,15-17,31H2,1H3,(H,33,37)(H4,29,30,32)/t20-,21-,28+/m0/s1. The molecule has 2 aromatic carbocycles. The minimum Gasteiger partial charge on any atom is -0.370 e. The minimum absolute atomic E-state index is 0.159. The van der Waals surface area contributed by atoms with Gasteiger partial charge in [0, 0.05) is 13.1 Å². The Morgan fingerprint density at radius 1 is 1.18 bits per heavy atom. The Morgan fingerprint density at radius 2 is 1.90 bits per heavy atom. The lowest BCUT2D eigenvalue weighted by Gasteiger charge is -2.33. The first-order valence-electron chi connectivity index (χ1n) is 13.1. The molecule has 2 heterocycles. The van der Waals surface area contributed by atoms with Crippen LogP contribution >= 0.6 is 11.3 Å². The van der Waals surface area contributed by atoms with Crippen LogP contribution in [0.15, 0.2) is 54.6 Å². The van der Waals surface area contributed by atoms with E-state index in [-0.39, 0.29) is 23.6 Å². The van der Waals surface area contributed by atoms with Crippen molar-refractivity contribution in [3.63, 3.8) is 0 Å². The second-order valence-electron chi connectivity index (χ2n) is 10.1. The number of hydrogen-bond donors (Lipinski definition) is 5. The third kappa shape index (κ3) is 6.98. The van der Waals surface area contributed by atoms with E-state index in [1.807, 2.05) is 54.6 Å². The molecule has 0 spiro atoms. The van der Waals surface area contributed by atoms with Crippen molar-refractivity contribution in [3.05, 3.63) is 65.2 Å². The zero-order valence-corrected chi connectivity index (χ0v) is 22.8. The van der Waals surface area contributed by atoms with Crippen molar-refractivity contribution in [1.29, 1.82) is 5.41 Å². The third-order valence-corrected chi connectivity index (χ3v) is 7.89. The number of ketones is 1. The van der Waals surface area contributed by atoms with Crippen molar-refractivity contribution in [2.75, 3.05) is 13.1 Å². The number of nitrogens with one attached hydrogen (secondary N) is 3. The van der Waals surface area contributed by atoms with E-state index in [1.54, 1.807) is 11.8 Å². The first-order chi connectivity index (χ1) is 18.7. The topological polar surface area (TPSA) is 167 Å². The van der Waals surface area contributed by atoms with Gasteiger partial charge in [0.1, 0.15) is 6.04 Å². The molecule has 0 unspecified atom stereocenters. The van der Waals surface area contributed by atoms with Crippen LogP contribution < -0.4 is 22.1 Å². The van der Waals surface area contributed by atoms with Crippen LogP contribution in [0.4, 0.5) is 0 Å². The van der Waals surface area contributed by atoms with Crippen molar-refractivity contribution in [1.82, 2.24) is 20.5 Å². The predicted molar refractivity (Wildman–Crippen MR) is 153 cm³/mol. The Hall–Kier alpha value is -3.83. The number of carbonyl (C=O) groups is 3. The van der Waals surface area contributed by atoms with Crippen LogP contribution in [0.25, 0.3) is 10.2 Å². The Morgan fingerprint density at radius 3 is 2.62 bits per heavy atom. The largest absolute Gasteiger partial charge is 0.370 e. The zero-order chi connectivity index (χ0) is 28.0. The Bertz CT molecular complexity index is 1310. The average Bonchev–Trinajstić information content (AvgIpc) is 3.57. The number of nitrogens with two attached hydrogens (primary N) is 2. The number of thiazole rings is 1. The summed E-state index contributed by atoms with van der Waals surface area (Å²) in [6, 6.07) is 15.5. The molecule has 0 bridgehead atoms. The maximum absolute atomic E-state index is 13.5. The fourth-order valence-electron chi connectivity index (χ4n) is 4.90. The van der Waals surface area contributed by atoms with Crippen LogP contribution in [-0.4, -0.2) is 64.2 Å². The molecule has 1 aliphatic rings. The normalized spacial score (nSPS) is 17.4. The highest BCUT2D eigenvalue weighted by molar-refractivity contribution is 7.20. The number of nitrogens with zero attached hydrogens (tertiary/aromatic N) is 2. The van der Waals surface area contributed by atoms with Crippen LogP contribution in [0, 0.1) is 5.41 Å². The van der Waals surface area contributed by atoms with Gasteiger partial charge in [-0.05, 0) is 56.7 Å². The quantitative estimate of drug-likeness (QED) is 0.106. The second kappa shape index (κ2) is 12.4. The second-order valence-corrected chi connectivity index (χ2v) is 11.2. The van der Waals surface area contributed by atoms with Crippen LogP contribution in [0.1, 0.15) is 48.0 Å². The molecule has 2 amide bonds. The van der Waals surface area contributed by atoms with Crippen LogP contribution in [-0.2, 0) is 16.0 Å². The Kier molecular flexibility index (Phi) is 8.93. The van der Waals surface area contributed by atoms with Crippen molar-refractivity contribution >= 4 is 45.1 Å². The first-order valence-corrected chi connectivity index (χ1v) is 13.9. The number of hydrogen-bond acceptors (Lipinski definition) is 7. The van der Waals surface area contributed by atoms with E-state index in [1.165, 1.54) is 11.3 Å². The lowest BCUT2D eigenvalue weighted by molar-refractivity contribution is -0.142. The van der Waals surface area contributed by atoms with E-state index in [9.17, 15) is 14.4 Å². The molecule has 0 radical (unpaired) electrons. The molecule has 4 rings (SSSR count). The number of para-hydroxylation sites is 1. The number of aromatic nitrogens is 1. The first kappa shape index (κ1) is 28.2. The van der Waals surface area contributed by atoms with Crippen molar-refractivity contribution in [2.24, 2.45) is 11.5 Å². The molecule has 39 heavy (non-hydrogen) atoms. The summed E-state index contributed by atoms with van der Waals surface area (Å²) in [6.45, 7) is 2.50. The fraction of sp³-hybridized carbons (Fsp3) is 0.393. The number of guanidine groups is 1. The monoisotopic (exact) mass is 549 g/mol. The van der Waals surface area contributed by atoms with Crippen molar-refractivity contribution in [3.8, 4) is 0 Å². The van der Waals surface area contributed by atoms with Gasteiger partial charge in [0.15, 0.2) is 11.0 Å². The summed E-state index contributed by atoms with van der Waals surface area (Å²) in [5.41, 5.74) is 12.3. The van der Waals surface area contributed by atoms with Crippen molar-refractivity contribution in [2.45, 2.75) is 56.7 Å². The molecule has 1 fully saturated rings. The van der Waals surface area contributed by atoms with E-state index in [4.69, 9.17) is 16.9 Å². The highest BCUT2D eigenvalue weighted by Gasteiger charge is 2.42. The third-order valence-electron chi connectivity index (χ3n) is 6.84. The lowest BCUT2D eigenvalue weighted by Crippen LogP contribution is -2.59. The maximum Gasteiger partial charge on any atom is 0.243 e. The molecular formula is C28H35N7O3S. The van der Waals surface area contributed by atoms with Gasteiger partial charge in [-0.2, -0.15) is 0 Å². The molecule has 0 aliphatic carbocycles. The Labute approximate surface area is 231 Å². The summed E-state index contributed by atoms with van der Waals surface area (Å²) < 4.78 is 0.886. The molecule has 1 saturated heterocycles. The SMILES string of the molecule is C[C@@](N)(Cc1ccccc1)C(=O)N1CCC[C@H]1C(=O)N[C@@H](CCCNC(=N)N)C(=O)c1nc2ccccc2s1. The van der Waals surface area contributed by atoms with Crippen LogP contribution in [0.2, 0.25) is 0 Å². The van der Waals surface area contributed by atoms with E-state index in [2.05, 4.69) is 15.6 Å². The average molecular weight is 550 g/mol. The van der Waals surface area contributed by atoms with Crippen LogP contribution in [0.5, 0.6) is 0 Å². The van der Waals surface area contributed by atoms with Gasteiger partial charge in [0.25, 0.3) is 0 Å². The van der Waals surface area contributed by atoms with Gasteiger partial charge in [0.2, 0.25) is 17.6 Å². The molecule has 206 valence electrons. The van der Waals surface area contributed by atoms with Gasteiger partial charge in [-0.1, -0.05) is 42.5 Å². The van der Waals surface area contributed by atoms with E-state index in [0.717, 1.165) is 15.8 Å². The van der Waals surface area contributed by atoms with Gasteiger partial charge < -0.3 is 27.0 Å². The summed E-state index contributed by atoms with van der Waals surface area (Å²) in [4.78, 5) is 46.6. The highest BCUT2D eigenvalue weighted by atomic mass is 32.1. The molecule has 0 saturated carbocycles. The van der Waals surface area contributed by atoms with Gasteiger partial charge >= 0.3 is 0 Å². The van der Waals surface area contributed by atoms with E-state index < -0.39 is 17.6 Å². The van der Waals surface area contributed by atoms with Crippen molar-refractivity contribution < 1.29 is 14.4 Å². The highest BCUT2D eigenvalue weighted by Crippen LogP contribution is 2.25. The molecule has 1 aliphatic heterocycles. The predicted octanol–water partition coefficient (Wildman–Crippen LogP) is 2.18. The summed E-state index contributed by atoms with van der Waals surface area (Å²) in [6.07, 6.45) is 2.33. The summed E-state index contributed by atoms with van der Waals surface area (Å²) in [5, 5.41) is 13.3. The number of Topliss-reactive ketones (excluding diaryl/α,β-unsaturated/α-hetero) is 1. The summed E-state index contributed by atoms with van der Waals surface area (Å²) >= 11 is 1.28. The molecule has 1 aromatic heterocycles. The minimum atomic E-state index is -1.18. The van der Waals surface area contributed by atoms with Gasteiger partial charge in [-0.15, -0.1) is 11.3 Å². The number of amides is 2. The van der Waals surface area contributed by atoms with Gasteiger partial charge in [-0.25, -0.2) is 4.98 Å². The smallest absolute Gasteiger partial charge is 0.243 e. The number of likely N-dealkylation sites (tertiary alicyclic amines) is 1. The number of rotatable bonds is 11. The molecule has 7 N–H and O–H groups in total. The molecule has 11 heteroatoms. The van der Waals surface area contributed by atoms with E-state index >= 15 is 0 Å². The van der Waals surface area contributed by atoms with Gasteiger partial charge in [-0.3, -0.25) is 19.8 Å². The summed E-state index contributed by atoms with van der Waals surface area (Å²) in [7, 11) is 0. The molecular weight excluding hydrogens is 514 g/mol. The fourth-order valence-corrected chi connectivity index (χ4v) is 5.86. The molecule has 3 aromatic rings. The number of carbonyl (C=O) groups excluding carboxylic acids is 3. The van der Waals surface area contributed by atoms with E-state index in [0.29, 0.717) is 50.2 Å². The molecule has 3 atom stereocenters. The summed E-state index contributed by atoms with van der Waals surface area (Å²) in [5.74, 6) is -1.11. The lowest BCUT2D eigenvalue weighted by atomic mass is 9.92. The molecule has 10 nitrogen and oxygen atoms in total. The van der Waals surface area contributed by atoms with Crippen LogP contribution in [0.3, 0.4) is 0 Å². The maximum atomic E-state index is 13.5. The van der Waals surface area contributed by atoms with Gasteiger partial charge in [0.05, 0.1) is 21.8 Å².